The highest BCUT2D eigenvalue weighted by atomic mass is 16.5. The number of rotatable bonds is 4. The van der Waals surface area contributed by atoms with Gasteiger partial charge in [-0.3, -0.25) is 0 Å². The third kappa shape index (κ3) is 3.66. The van der Waals surface area contributed by atoms with E-state index in [0.29, 0.717) is 11.8 Å². The molecular weight excluding hydrogens is 662 g/mol. The molecule has 0 unspecified atom stereocenters. The van der Waals surface area contributed by atoms with Crippen LogP contribution in [0.2, 0.25) is 0 Å². The molecule has 0 saturated heterocycles. The van der Waals surface area contributed by atoms with Crippen molar-refractivity contribution >= 4 is 78.5 Å². The van der Waals surface area contributed by atoms with E-state index in [2.05, 4.69) is 125 Å². The molecule has 258 valence electrons. The average Bonchev–Trinajstić information content (AvgIpc) is 3.19. The molecule has 8 aromatic carbocycles. The van der Waals surface area contributed by atoms with E-state index in [0.717, 1.165) is 34.5 Å². The smallest absolute Gasteiger partial charge is 0.252 e. The van der Waals surface area contributed by atoms with Gasteiger partial charge in [-0.2, -0.15) is 0 Å². The summed E-state index contributed by atoms with van der Waals surface area (Å²) in [6.45, 7) is 9.41. The van der Waals surface area contributed by atoms with Crippen molar-refractivity contribution in [1.82, 2.24) is 0 Å². The molecule has 0 aliphatic carbocycles. The Hall–Kier alpha value is -5.87. The fourth-order valence-corrected chi connectivity index (χ4v) is 10.6. The Labute approximate surface area is 315 Å². The zero-order chi connectivity index (χ0) is 36.3. The minimum atomic E-state index is 0.0249. The van der Waals surface area contributed by atoms with Crippen LogP contribution in [0.4, 0.5) is 0 Å². The maximum absolute atomic E-state index is 6.72. The fraction of sp³-hybridized carbons (Fsp3) is 0.167. The lowest BCUT2D eigenvalue weighted by molar-refractivity contribution is 0.409. The van der Waals surface area contributed by atoms with Crippen molar-refractivity contribution in [3.8, 4) is 56.8 Å². The van der Waals surface area contributed by atoms with E-state index in [-0.39, 0.29) is 13.4 Å². The van der Waals surface area contributed by atoms with Crippen molar-refractivity contribution in [3.63, 3.8) is 0 Å². The van der Waals surface area contributed by atoms with Crippen molar-refractivity contribution in [3.05, 3.63) is 108 Å². The number of hydrogen-bond donors (Lipinski definition) is 0. The minimum Gasteiger partial charge on any atom is -0.497 e. The maximum atomic E-state index is 6.72. The molecule has 4 aliphatic heterocycles. The summed E-state index contributed by atoms with van der Waals surface area (Å²) in [7, 11) is 3.50. The Morgan fingerprint density at radius 1 is 0.444 bits per heavy atom. The van der Waals surface area contributed by atoms with Crippen LogP contribution in [0.15, 0.2) is 97.1 Å². The van der Waals surface area contributed by atoms with Gasteiger partial charge in [0.1, 0.15) is 34.5 Å². The zero-order valence-electron chi connectivity index (χ0n) is 31.2. The van der Waals surface area contributed by atoms with Crippen molar-refractivity contribution < 1.29 is 18.9 Å². The van der Waals surface area contributed by atoms with Gasteiger partial charge in [0, 0.05) is 12.1 Å². The van der Waals surface area contributed by atoms with Crippen molar-refractivity contribution in [2.24, 2.45) is 0 Å². The summed E-state index contributed by atoms with van der Waals surface area (Å²) in [5.41, 5.74) is 15.2. The number of hydrogen-bond acceptors (Lipinski definition) is 4. The van der Waals surface area contributed by atoms with Gasteiger partial charge in [-0.1, -0.05) is 87.2 Å². The number of para-hydroxylation sites is 2. The first kappa shape index (κ1) is 30.6. The van der Waals surface area contributed by atoms with Crippen LogP contribution in [0.1, 0.15) is 50.7 Å². The molecule has 0 amide bonds. The molecule has 6 heteroatoms. The average molecular weight is 698 g/mol. The summed E-state index contributed by atoms with van der Waals surface area (Å²) in [6.07, 6.45) is 0. The number of methoxy groups -OCH3 is 2. The molecule has 0 fully saturated rings. The number of fused-ring (bicyclic) bond motifs is 8. The van der Waals surface area contributed by atoms with Gasteiger partial charge in [0.05, 0.1) is 14.2 Å². The monoisotopic (exact) mass is 698 g/mol. The van der Waals surface area contributed by atoms with Gasteiger partial charge in [0.2, 0.25) is 0 Å². The lowest BCUT2D eigenvalue weighted by atomic mass is 9.32. The topological polar surface area (TPSA) is 36.9 Å². The van der Waals surface area contributed by atoms with E-state index in [4.69, 9.17) is 18.9 Å². The van der Waals surface area contributed by atoms with Crippen LogP contribution in [-0.4, -0.2) is 27.6 Å². The Bertz CT molecular complexity index is 2790. The zero-order valence-corrected chi connectivity index (χ0v) is 31.2. The van der Waals surface area contributed by atoms with Crippen LogP contribution < -0.4 is 51.7 Å². The first-order chi connectivity index (χ1) is 26.3. The standard InChI is InChI=1S/C48H36B2O4/c1-23(2)27-19-29-33-15-25(51-5)17-41-47(33)50(36-12-8-10-14-40(36)53-41)38-22-32-28(24(3)4)20-30-34-16-26(52-6)18-42-48(34)49(35-11-7-9-13-39(35)54-42)37-21-31(27)45(43(29)38)46(32)44(30)37/h7-24H,1-6H3. The van der Waals surface area contributed by atoms with E-state index in [1.54, 1.807) is 14.2 Å². The molecule has 0 radical (unpaired) electrons. The second kappa shape index (κ2) is 10.4. The first-order valence-corrected chi connectivity index (χ1v) is 19.2. The third-order valence-electron chi connectivity index (χ3n) is 12.9. The van der Waals surface area contributed by atoms with E-state index in [1.807, 2.05) is 0 Å². The van der Waals surface area contributed by atoms with Crippen LogP contribution in [0.5, 0.6) is 34.5 Å². The third-order valence-corrected chi connectivity index (χ3v) is 12.9. The summed E-state index contributed by atoms with van der Waals surface area (Å²) in [4.78, 5) is 0. The highest BCUT2D eigenvalue weighted by molar-refractivity contribution is 7.01. The Balaban J connectivity index is 1.33. The molecule has 4 aliphatic rings. The van der Waals surface area contributed by atoms with Gasteiger partial charge in [0.15, 0.2) is 0 Å². The Morgan fingerprint density at radius 3 is 1.28 bits per heavy atom. The van der Waals surface area contributed by atoms with Gasteiger partial charge in [-0.05, 0) is 136 Å². The van der Waals surface area contributed by atoms with Crippen molar-refractivity contribution in [2.75, 3.05) is 14.2 Å². The summed E-state index contributed by atoms with van der Waals surface area (Å²) in [5.74, 6) is 5.78. The molecule has 0 bridgehead atoms. The van der Waals surface area contributed by atoms with Gasteiger partial charge in [-0.25, -0.2) is 0 Å². The van der Waals surface area contributed by atoms with E-state index in [9.17, 15) is 0 Å². The Kier molecular flexibility index (Phi) is 5.90. The molecule has 4 heterocycles. The normalized spacial score (nSPS) is 13.9. The molecule has 0 atom stereocenters. The molecule has 0 aromatic heterocycles. The van der Waals surface area contributed by atoms with Crippen LogP contribution >= 0.6 is 0 Å². The second-order valence-electron chi connectivity index (χ2n) is 16.2. The van der Waals surface area contributed by atoms with Gasteiger partial charge >= 0.3 is 0 Å². The lowest BCUT2D eigenvalue weighted by Gasteiger charge is -2.38. The van der Waals surface area contributed by atoms with E-state index >= 15 is 0 Å². The predicted molar refractivity (Wildman–Crippen MR) is 225 cm³/mol. The van der Waals surface area contributed by atoms with Gasteiger partial charge < -0.3 is 18.9 Å². The SMILES string of the molecule is COc1cc2c3c(c1)-c1cc(C(C)C)c4cc5c6c(cc(C(C)C)c7cc(c1c4c76)B3c1ccccc1O2)-c1cc(OC)cc2c1B5c1ccccc1O2. The largest absolute Gasteiger partial charge is 0.497 e. The molecule has 4 nitrogen and oxygen atoms in total. The number of ether oxygens (including phenoxy) is 4. The number of benzene rings is 8. The summed E-state index contributed by atoms with van der Waals surface area (Å²) in [6, 6.07) is 35.9. The maximum Gasteiger partial charge on any atom is 0.252 e. The molecular formula is C48H36B2O4. The molecule has 0 N–H and O–H groups in total. The van der Waals surface area contributed by atoms with E-state index < -0.39 is 0 Å². The van der Waals surface area contributed by atoms with E-state index in [1.165, 1.54) is 98.5 Å². The van der Waals surface area contributed by atoms with Crippen LogP contribution in [0.25, 0.3) is 54.6 Å². The highest BCUT2D eigenvalue weighted by Crippen LogP contribution is 2.50. The molecule has 12 rings (SSSR count). The second-order valence-corrected chi connectivity index (χ2v) is 16.2. The van der Waals surface area contributed by atoms with Gasteiger partial charge in [0.25, 0.3) is 13.4 Å². The summed E-state index contributed by atoms with van der Waals surface area (Å²) in [5, 5.41) is 8.13. The fourth-order valence-electron chi connectivity index (χ4n) is 10.6. The molecule has 8 aromatic rings. The quantitative estimate of drug-likeness (QED) is 0.138. The first-order valence-electron chi connectivity index (χ1n) is 19.2. The molecule has 0 spiro atoms. The van der Waals surface area contributed by atoms with Crippen molar-refractivity contribution in [1.29, 1.82) is 0 Å². The lowest BCUT2D eigenvalue weighted by Crippen LogP contribution is -2.58. The van der Waals surface area contributed by atoms with Crippen LogP contribution in [0.3, 0.4) is 0 Å². The highest BCUT2D eigenvalue weighted by Gasteiger charge is 2.44. The summed E-state index contributed by atoms with van der Waals surface area (Å²) < 4.78 is 25.4. The van der Waals surface area contributed by atoms with Crippen LogP contribution in [0, 0.1) is 0 Å². The van der Waals surface area contributed by atoms with Crippen LogP contribution in [-0.2, 0) is 0 Å². The van der Waals surface area contributed by atoms with Gasteiger partial charge in [-0.15, -0.1) is 0 Å². The molecule has 54 heavy (non-hydrogen) atoms. The molecule has 0 saturated carbocycles. The minimum absolute atomic E-state index is 0.0249. The summed E-state index contributed by atoms with van der Waals surface area (Å²) >= 11 is 0. The van der Waals surface area contributed by atoms with Crippen molar-refractivity contribution in [2.45, 2.75) is 39.5 Å². The Morgan fingerprint density at radius 2 is 0.870 bits per heavy atom. The predicted octanol–water partition coefficient (Wildman–Crippen LogP) is 8.05.